The molecule has 0 radical (unpaired) electrons. The zero-order valence-electron chi connectivity index (χ0n) is 9.20. The average molecular weight is 222 g/mol. The number of hydrogen-bond donors (Lipinski definition) is 0. The van der Waals surface area contributed by atoms with Crippen molar-refractivity contribution in [3.05, 3.63) is 34.3 Å². The van der Waals surface area contributed by atoms with E-state index in [1.54, 1.807) is 0 Å². The molecule has 0 spiro atoms. The normalized spacial score (nSPS) is 28.8. The van der Waals surface area contributed by atoms with Crippen molar-refractivity contribution in [2.24, 2.45) is 0 Å². The van der Waals surface area contributed by atoms with Gasteiger partial charge < -0.3 is 0 Å². The largest absolute Gasteiger partial charge is 0.287 e. The molecule has 80 valence electrons. The predicted octanol–water partition coefficient (Wildman–Crippen LogP) is 3.94. The van der Waals surface area contributed by atoms with Crippen LogP contribution in [0.3, 0.4) is 0 Å². The topological polar surface area (TPSA) is 3.24 Å². The van der Waals surface area contributed by atoms with Crippen molar-refractivity contribution in [2.45, 2.75) is 44.8 Å². The van der Waals surface area contributed by atoms with Crippen LogP contribution in [0.5, 0.6) is 0 Å². The molecule has 2 heteroatoms. The Morgan fingerprint density at radius 3 is 2.67 bits per heavy atom. The van der Waals surface area contributed by atoms with Crippen molar-refractivity contribution in [2.75, 3.05) is 0 Å². The van der Waals surface area contributed by atoms with Crippen LogP contribution >= 0.6 is 11.6 Å². The fraction of sp³-hybridized carbons (Fsp3) is 0.538. The van der Waals surface area contributed by atoms with Crippen molar-refractivity contribution in [1.82, 2.24) is 4.90 Å². The van der Waals surface area contributed by atoms with E-state index in [2.05, 4.69) is 30.9 Å². The number of fused-ring (bicyclic) bond motifs is 5. The Morgan fingerprint density at radius 1 is 1.27 bits per heavy atom. The second kappa shape index (κ2) is 3.23. The quantitative estimate of drug-likeness (QED) is 0.695. The molecule has 2 bridgehead atoms. The lowest BCUT2D eigenvalue weighted by Gasteiger charge is -2.26. The maximum atomic E-state index is 6.31. The van der Waals surface area contributed by atoms with Gasteiger partial charge in [0.2, 0.25) is 0 Å². The van der Waals surface area contributed by atoms with Gasteiger partial charge in [-0.3, -0.25) is 4.90 Å². The molecule has 0 amide bonds. The van der Waals surface area contributed by atoms with Crippen LogP contribution < -0.4 is 0 Å². The summed E-state index contributed by atoms with van der Waals surface area (Å²) in [5.41, 5.74) is 2.89. The number of hydrogen-bond acceptors (Lipinski definition) is 1. The maximum Gasteiger partial charge on any atom is 0.0457 e. The first kappa shape index (κ1) is 9.68. The minimum atomic E-state index is 0.582. The fourth-order valence-corrected chi connectivity index (χ4v) is 3.66. The van der Waals surface area contributed by atoms with Gasteiger partial charge in [-0.25, -0.2) is 0 Å². The molecule has 2 aliphatic heterocycles. The van der Waals surface area contributed by atoms with E-state index in [-0.39, 0.29) is 0 Å². The van der Waals surface area contributed by atoms with Crippen molar-refractivity contribution >= 4 is 11.6 Å². The fourth-order valence-electron chi connectivity index (χ4n) is 3.36. The minimum Gasteiger partial charge on any atom is -0.287 e. The first-order valence-electron chi connectivity index (χ1n) is 5.76. The highest BCUT2D eigenvalue weighted by Gasteiger charge is 2.45. The van der Waals surface area contributed by atoms with E-state index in [1.165, 1.54) is 24.0 Å². The maximum absolute atomic E-state index is 6.31. The van der Waals surface area contributed by atoms with Crippen LogP contribution in [0.15, 0.2) is 18.2 Å². The van der Waals surface area contributed by atoms with Crippen LogP contribution in [-0.2, 0) is 0 Å². The lowest BCUT2D eigenvalue weighted by Crippen LogP contribution is -2.27. The van der Waals surface area contributed by atoms with Crippen molar-refractivity contribution in [3.63, 3.8) is 0 Å². The Labute approximate surface area is 96.0 Å². The standard InChI is InChI=1S/C13H16ClN/c1-8(2)15-11-6-7-12(15)13-9(11)4-3-5-10(13)14/h3-5,8,11-12H,6-7H2,1-2H3. The SMILES string of the molecule is CC(C)N1C2CCC1c1c(Cl)cccc12. The molecule has 3 rings (SSSR count). The van der Waals surface area contributed by atoms with Crippen LogP contribution in [0.4, 0.5) is 0 Å². The summed E-state index contributed by atoms with van der Waals surface area (Å²) in [6, 6.07) is 8.19. The van der Waals surface area contributed by atoms with Crippen molar-refractivity contribution in [3.8, 4) is 0 Å². The third kappa shape index (κ3) is 1.20. The van der Waals surface area contributed by atoms with Crippen molar-refractivity contribution < 1.29 is 0 Å². The van der Waals surface area contributed by atoms with E-state index < -0.39 is 0 Å². The van der Waals surface area contributed by atoms with Gasteiger partial charge in [-0.1, -0.05) is 23.7 Å². The third-order valence-electron chi connectivity index (χ3n) is 3.81. The molecule has 1 fully saturated rings. The van der Waals surface area contributed by atoms with Gasteiger partial charge in [0.25, 0.3) is 0 Å². The van der Waals surface area contributed by atoms with Crippen molar-refractivity contribution in [1.29, 1.82) is 0 Å². The van der Waals surface area contributed by atoms with Gasteiger partial charge >= 0.3 is 0 Å². The average Bonchev–Trinajstić information content (AvgIpc) is 2.73. The first-order chi connectivity index (χ1) is 7.20. The summed E-state index contributed by atoms with van der Waals surface area (Å²) in [5, 5.41) is 0.963. The van der Waals surface area contributed by atoms with Crippen LogP contribution in [0.2, 0.25) is 5.02 Å². The van der Waals surface area contributed by atoms with Gasteiger partial charge in [-0.05, 0) is 43.9 Å². The van der Waals surface area contributed by atoms with Crippen LogP contribution in [0.25, 0.3) is 0 Å². The first-order valence-corrected chi connectivity index (χ1v) is 6.13. The summed E-state index contributed by atoms with van der Waals surface area (Å²) in [6.07, 6.45) is 2.58. The van der Waals surface area contributed by atoms with Gasteiger partial charge in [0.05, 0.1) is 0 Å². The molecule has 1 aromatic carbocycles. The number of nitrogens with zero attached hydrogens (tertiary/aromatic N) is 1. The molecule has 0 aliphatic carbocycles. The zero-order valence-corrected chi connectivity index (χ0v) is 9.96. The second-order valence-corrected chi connectivity index (χ2v) is 5.30. The van der Waals surface area contributed by atoms with Gasteiger partial charge in [-0.2, -0.15) is 0 Å². The molecular formula is C13H16ClN. The highest BCUT2D eigenvalue weighted by atomic mass is 35.5. The van der Waals surface area contributed by atoms with Crippen LogP contribution in [-0.4, -0.2) is 10.9 Å². The Kier molecular flexibility index (Phi) is 2.08. The Morgan fingerprint density at radius 2 is 2.00 bits per heavy atom. The molecule has 1 nitrogen and oxygen atoms in total. The van der Waals surface area contributed by atoms with E-state index in [1.807, 2.05) is 6.07 Å². The van der Waals surface area contributed by atoms with Gasteiger partial charge in [0.1, 0.15) is 0 Å². The summed E-state index contributed by atoms with van der Waals surface area (Å²) in [7, 11) is 0. The number of rotatable bonds is 1. The summed E-state index contributed by atoms with van der Waals surface area (Å²) < 4.78 is 0. The molecule has 15 heavy (non-hydrogen) atoms. The summed E-state index contributed by atoms with van der Waals surface area (Å²) in [5.74, 6) is 0. The van der Waals surface area contributed by atoms with Crippen LogP contribution in [0.1, 0.15) is 49.9 Å². The van der Waals surface area contributed by atoms with Gasteiger partial charge in [0.15, 0.2) is 0 Å². The third-order valence-corrected chi connectivity index (χ3v) is 4.14. The van der Waals surface area contributed by atoms with Gasteiger partial charge in [0, 0.05) is 23.1 Å². The van der Waals surface area contributed by atoms with E-state index in [0.29, 0.717) is 18.1 Å². The molecule has 1 aromatic rings. The van der Waals surface area contributed by atoms with Gasteiger partial charge in [-0.15, -0.1) is 0 Å². The summed E-state index contributed by atoms with van der Waals surface area (Å²) >= 11 is 6.31. The highest BCUT2D eigenvalue weighted by molar-refractivity contribution is 6.31. The minimum absolute atomic E-state index is 0.582. The summed E-state index contributed by atoms with van der Waals surface area (Å²) in [4.78, 5) is 2.62. The number of halogens is 1. The smallest absolute Gasteiger partial charge is 0.0457 e. The molecule has 0 saturated carbocycles. The lowest BCUT2D eigenvalue weighted by atomic mass is 9.92. The Hall–Kier alpha value is -0.530. The van der Waals surface area contributed by atoms with E-state index in [4.69, 9.17) is 11.6 Å². The van der Waals surface area contributed by atoms with E-state index in [9.17, 15) is 0 Å². The molecule has 2 unspecified atom stereocenters. The second-order valence-electron chi connectivity index (χ2n) is 4.89. The molecular weight excluding hydrogens is 206 g/mol. The number of benzene rings is 1. The molecule has 2 heterocycles. The van der Waals surface area contributed by atoms with E-state index in [0.717, 1.165) is 5.02 Å². The molecule has 1 saturated heterocycles. The molecule has 0 N–H and O–H groups in total. The predicted molar refractivity (Wildman–Crippen MR) is 63.1 cm³/mol. The van der Waals surface area contributed by atoms with E-state index >= 15 is 0 Å². The zero-order chi connectivity index (χ0) is 10.6. The van der Waals surface area contributed by atoms with Crippen LogP contribution in [0, 0.1) is 0 Å². The molecule has 2 aliphatic rings. The molecule has 2 atom stereocenters. The summed E-state index contributed by atoms with van der Waals surface area (Å²) in [6.45, 7) is 4.57. The monoisotopic (exact) mass is 221 g/mol. The highest BCUT2D eigenvalue weighted by Crippen LogP contribution is 2.55. The molecule has 0 aromatic heterocycles. The Bertz CT molecular complexity index is 400. The Balaban J connectivity index is 2.13. The lowest BCUT2D eigenvalue weighted by molar-refractivity contribution is 0.174.